The zero-order valence-corrected chi connectivity index (χ0v) is 18.0. The number of amides is 1. The molecule has 0 unspecified atom stereocenters. The van der Waals surface area contributed by atoms with Gasteiger partial charge in [-0.1, -0.05) is 49.3 Å². The number of nitrogens with zero attached hydrogens (tertiary/aromatic N) is 3. The zero-order chi connectivity index (χ0) is 18.8. The van der Waals surface area contributed by atoms with Gasteiger partial charge in [0.1, 0.15) is 0 Å². The van der Waals surface area contributed by atoms with E-state index in [1.54, 1.807) is 17.3 Å². The van der Waals surface area contributed by atoms with Gasteiger partial charge in [-0.15, -0.1) is 0 Å². The van der Waals surface area contributed by atoms with Crippen molar-refractivity contribution in [3.05, 3.63) is 87.1 Å². The molecule has 0 bridgehead atoms. The summed E-state index contributed by atoms with van der Waals surface area (Å²) < 4.78 is 2.95. The fraction of sp³-hybridized carbons (Fsp3) is 0.0500. The van der Waals surface area contributed by atoms with Crippen molar-refractivity contribution in [3.8, 4) is 0 Å². The molecule has 4 aromatic rings. The number of fused-ring (bicyclic) bond motifs is 1. The first-order chi connectivity index (χ1) is 13.1. The lowest BCUT2D eigenvalue weighted by molar-refractivity contribution is 0.0985. The van der Waals surface area contributed by atoms with Crippen LogP contribution in [0.3, 0.4) is 0 Å². The van der Waals surface area contributed by atoms with E-state index in [4.69, 9.17) is 0 Å². The van der Waals surface area contributed by atoms with Crippen molar-refractivity contribution in [2.75, 3.05) is 4.90 Å². The summed E-state index contributed by atoms with van der Waals surface area (Å²) in [5.41, 5.74) is 2.43. The Morgan fingerprint density at radius 1 is 1.04 bits per heavy atom. The van der Waals surface area contributed by atoms with E-state index in [-0.39, 0.29) is 5.91 Å². The first kappa shape index (κ1) is 18.3. The van der Waals surface area contributed by atoms with E-state index in [2.05, 4.69) is 41.8 Å². The molecule has 7 heteroatoms. The molecule has 1 amide bonds. The van der Waals surface area contributed by atoms with Gasteiger partial charge >= 0.3 is 0 Å². The molecule has 0 spiro atoms. The Morgan fingerprint density at radius 2 is 1.81 bits per heavy atom. The van der Waals surface area contributed by atoms with Crippen molar-refractivity contribution in [3.63, 3.8) is 0 Å². The van der Waals surface area contributed by atoms with Gasteiger partial charge in [-0.3, -0.25) is 14.7 Å². The van der Waals surface area contributed by atoms with Gasteiger partial charge in [-0.05, 0) is 54.1 Å². The number of carbonyl (C=O) groups excluding carboxylic acids is 1. The summed E-state index contributed by atoms with van der Waals surface area (Å²) in [4.78, 5) is 23.8. The summed E-state index contributed by atoms with van der Waals surface area (Å²) in [5.74, 6) is -0.0931. The van der Waals surface area contributed by atoms with Crippen LogP contribution in [0.5, 0.6) is 0 Å². The monoisotopic (exact) mass is 501 g/mol. The number of aromatic nitrogens is 2. The third-order valence-corrected chi connectivity index (χ3v) is 6.03. The summed E-state index contributed by atoms with van der Waals surface area (Å²) in [7, 11) is 0. The fourth-order valence-electron chi connectivity index (χ4n) is 2.65. The van der Waals surface area contributed by atoms with E-state index in [1.165, 1.54) is 11.3 Å². The minimum atomic E-state index is -0.0931. The molecule has 0 atom stereocenters. The molecule has 2 aromatic heterocycles. The van der Waals surface area contributed by atoms with Gasteiger partial charge < -0.3 is 0 Å². The average Bonchev–Trinajstić information content (AvgIpc) is 3.10. The molecule has 4 nitrogen and oxygen atoms in total. The van der Waals surface area contributed by atoms with Crippen molar-refractivity contribution in [2.24, 2.45) is 0 Å². The highest BCUT2D eigenvalue weighted by molar-refractivity contribution is 9.10. The number of pyridine rings is 1. The van der Waals surface area contributed by atoms with Crippen LogP contribution in [0.25, 0.3) is 10.2 Å². The lowest BCUT2D eigenvalue weighted by atomic mass is 10.2. The maximum Gasteiger partial charge on any atom is 0.260 e. The van der Waals surface area contributed by atoms with Crippen LogP contribution in [-0.4, -0.2) is 15.9 Å². The number of hydrogen-bond acceptors (Lipinski definition) is 4. The quantitative estimate of drug-likeness (QED) is 0.340. The molecule has 2 heterocycles. The van der Waals surface area contributed by atoms with Crippen molar-refractivity contribution < 1.29 is 4.79 Å². The molecule has 0 aliphatic rings. The second-order valence-electron chi connectivity index (χ2n) is 5.87. The van der Waals surface area contributed by atoms with E-state index >= 15 is 0 Å². The largest absolute Gasteiger partial charge is 0.279 e. The molecular weight excluding hydrogens is 490 g/mol. The highest BCUT2D eigenvalue weighted by Crippen LogP contribution is 2.32. The van der Waals surface area contributed by atoms with Crippen molar-refractivity contribution >= 4 is 64.5 Å². The molecule has 0 radical (unpaired) electrons. The third kappa shape index (κ3) is 4.10. The van der Waals surface area contributed by atoms with Gasteiger partial charge in [-0.2, -0.15) is 0 Å². The van der Waals surface area contributed by atoms with Gasteiger partial charge in [0.2, 0.25) is 0 Å². The number of hydrogen-bond donors (Lipinski definition) is 0. The highest BCUT2D eigenvalue weighted by atomic mass is 79.9. The number of thiazole rings is 1. The molecule has 0 aliphatic carbocycles. The molecule has 0 saturated heterocycles. The standard InChI is InChI=1S/C20H13Br2N3OS/c21-15-5-3-14(4-6-15)19(26)25(12-13-2-1-9-23-11-13)20-24-17-8-7-16(22)10-18(17)27-20/h1-11H,12H2. The molecule has 2 aromatic carbocycles. The third-order valence-electron chi connectivity index (χ3n) is 3.97. The van der Waals surface area contributed by atoms with Gasteiger partial charge in [0, 0.05) is 26.9 Å². The Labute approximate surface area is 177 Å². The minimum absolute atomic E-state index is 0.0931. The van der Waals surface area contributed by atoms with Crippen LogP contribution < -0.4 is 4.90 Å². The van der Waals surface area contributed by atoms with Crippen LogP contribution in [0.2, 0.25) is 0 Å². The van der Waals surface area contributed by atoms with Gasteiger partial charge in [0.05, 0.1) is 16.8 Å². The lowest BCUT2D eigenvalue weighted by Crippen LogP contribution is -2.30. The molecule has 0 N–H and O–H groups in total. The Hall–Kier alpha value is -2.09. The Kier molecular flexibility index (Phi) is 5.33. The highest BCUT2D eigenvalue weighted by Gasteiger charge is 2.22. The molecule has 0 saturated carbocycles. The molecule has 0 fully saturated rings. The second-order valence-corrected chi connectivity index (χ2v) is 8.71. The van der Waals surface area contributed by atoms with Crippen LogP contribution in [0.1, 0.15) is 15.9 Å². The van der Waals surface area contributed by atoms with E-state index in [1.807, 2.05) is 54.6 Å². The van der Waals surface area contributed by atoms with Crippen LogP contribution in [0, 0.1) is 0 Å². The van der Waals surface area contributed by atoms with E-state index in [0.29, 0.717) is 17.2 Å². The molecule has 134 valence electrons. The molecule has 4 rings (SSSR count). The molecule has 0 aliphatic heterocycles. The Balaban J connectivity index is 1.76. The first-order valence-corrected chi connectivity index (χ1v) is 10.5. The normalized spacial score (nSPS) is 10.9. The zero-order valence-electron chi connectivity index (χ0n) is 14.0. The van der Waals surface area contributed by atoms with Crippen LogP contribution in [0.4, 0.5) is 5.13 Å². The van der Waals surface area contributed by atoms with Crippen molar-refractivity contribution in [2.45, 2.75) is 6.54 Å². The first-order valence-electron chi connectivity index (χ1n) is 8.12. The average molecular weight is 503 g/mol. The SMILES string of the molecule is O=C(c1ccc(Br)cc1)N(Cc1cccnc1)c1nc2ccc(Br)cc2s1. The lowest BCUT2D eigenvalue weighted by Gasteiger charge is -2.20. The topological polar surface area (TPSA) is 46.1 Å². The Bertz CT molecular complexity index is 1100. The number of anilines is 1. The maximum absolute atomic E-state index is 13.3. The van der Waals surface area contributed by atoms with Crippen LogP contribution in [-0.2, 0) is 6.54 Å². The number of rotatable bonds is 4. The van der Waals surface area contributed by atoms with Gasteiger partial charge in [0.15, 0.2) is 5.13 Å². The summed E-state index contributed by atoms with van der Waals surface area (Å²) in [6.07, 6.45) is 3.49. The maximum atomic E-state index is 13.3. The van der Waals surface area contributed by atoms with Crippen LogP contribution >= 0.6 is 43.2 Å². The van der Waals surface area contributed by atoms with Crippen LogP contribution in [0.15, 0.2) is 75.9 Å². The predicted octanol–water partition coefficient (Wildman–Crippen LogP) is 6.06. The molecular formula is C20H13Br2N3OS. The number of benzene rings is 2. The van der Waals surface area contributed by atoms with E-state index in [0.717, 1.165) is 24.7 Å². The Morgan fingerprint density at radius 3 is 2.56 bits per heavy atom. The van der Waals surface area contributed by atoms with Crippen molar-refractivity contribution in [1.82, 2.24) is 9.97 Å². The molecule has 27 heavy (non-hydrogen) atoms. The number of halogens is 2. The fourth-order valence-corrected chi connectivity index (χ4v) is 4.43. The summed E-state index contributed by atoms with van der Waals surface area (Å²) >= 11 is 8.40. The smallest absolute Gasteiger partial charge is 0.260 e. The summed E-state index contributed by atoms with van der Waals surface area (Å²) in [5, 5.41) is 0.667. The predicted molar refractivity (Wildman–Crippen MR) is 116 cm³/mol. The van der Waals surface area contributed by atoms with Crippen molar-refractivity contribution in [1.29, 1.82) is 0 Å². The summed E-state index contributed by atoms with van der Waals surface area (Å²) in [6.45, 7) is 0.406. The van der Waals surface area contributed by atoms with E-state index in [9.17, 15) is 4.79 Å². The number of carbonyl (C=O) groups is 1. The van der Waals surface area contributed by atoms with E-state index < -0.39 is 0 Å². The second kappa shape index (κ2) is 7.88. The van der Waals surface area contributed by atoms with Gasteiger partial charge in [0.25, 0.3) is 5.91 Å². The summed E-state index contributed by atoms with van der Waals surface area (Å²) in [6, 6.07) is 17.1. The van der Waals surface area contributed by atoms with Gasteiger partial charge in [-0.25, -0.2) is 4.98 Å². The minimum Gasteiger partial charge on any atom is -0.279 e.